The molecule has 0 aromatic heterocycles. The summed E-state index contributed by atoms with van der Waals surface area (Å²) in [5.41, 5.74) is 3.81. The van der Waals surface area contributed by atoms with E-state index in [0.717, 1.165) is 21.6 Å². The lowest BCUT2D eigenvalue weighted by Crippen LogP contribution is -2.54. The maximum atomic E-state index is 13.1. The van der Waals surface area contributed by atoms with Crippen molar-refractivity contribution in [2.24, 2.45) is 0 Å². The summed E-state index contributed by atoms with van der Waals surface area (Å²) in [6.07, 6.45) is 1.47. The molecule has 0 radical (unpaired) electrons. The molecule has 0 spiro atoms. The standard InChI is InChI=1S/C26H22N2O4/c1-17-8-13-23(18(2)14-17)28-25(30)22(24(29)27-26(28)31)15-19-9-11-21(12-10-19)32-16-20-6-4-3-5-7-20/h3-15H,16H2,1-2H3,(H,27,29,31)/b22-15+. The first-order chi connectivity index (χ1) is 15.4. The molecule has 0 unspecified atom stereocenters. The molecule has 1 aliphatic heterocycles. The number of carbonyl (C=O) groups is 3. The molecule has 1 heterocycles. The van der Waals surface area contributed by atoms with Crippen molar-refractivity contribution in [3.8, 4) is 5.75 Å². The molecule has 1 fully saturated rings. The van der Waals surface area contributed by atoms with Gasteiger partial charge in [-0.05, 0) is 54.8 Å². The van der Waals surface area contributed by atoms with Crippen LogP contribution in [0.1, 0.15) is 22.3 Å². The number of hydrogen-bond donors (Lipinski definition) is 1. The number of aryl methyl sites for hydroxylation is 2. The number of urea groups is 1. The van der Waals surface area contributed by atoms with Crippen LogP contribution in [0.3, 0.4) is 0 Å². The number of ether oxygens (including phenoxy) is 1. The van der Waals surface area contributed by atoms with E-state index >= 15 is 0 Å². The molecule has 4 rings (SSSR count). The van der Waals surface area contributed by atoms with Crippen molar-refractivity contribution in [1.82, 2.24) is 5.32 Å². The van der Waals surface area contributed by atoms with E-state index in [1.165, 1.54) is 6.08 Å². The zero-order valence-corrected chi connectivity index (χ0v) is 17.8. The molecular weight excluding hydrogens is 404 g/mol. The molecule has 160 valence electrons. The molecule has 3 aromatic rings. The van der Waals surface area contributed by atoms with E-state index in [0.29, 0.717) is 23.6 Å². The topological polar surface area (TPSA) is 75.7 Å². The van der Waals surface area contributed by atoms with Crippen LogP contribution < -0.4 is 15.0 Å². The number of benzene rings is 3. The van der Waals surface area contributed by atoms with Crippen molar-refractivity contribution in [1.29, 1.82) is 0 Å². The second-order valence-electron chi connectivity index (χ2n) is 7.59. The molecule has 3 aromatic carbocycles. The average molecular weight is 426 g/mol. The summed E-state index contributed by atoms with van der Waals surface area (Å²) in [7, 11) is 0. The van der Waals surface area contributed by atoms with Crippen LogP contribution in [0.25, 0.3) is 6.08 Å². The van der Waals surface area contributed by atoms with E-state index in [2.05, 4.69) is 5.32 Å². The Hall–Kier alpha value is -4.19. The number of nitrogens with zero attached hydrogens (tertiary/aromatic N) is 1. The van der Waals surface area contributed by atoms with Crippen molar-refractivity contribution in [2.45, 2.75) is 20.5 Å². The van der Waals surface area contributed by atoms with Gasteiger partial charge in [-0.2, -0.15) is 0 Å². The van der Waals surface area contributed by atoms with Crippen LogP contribution in [-0.2, 0) is 16.2 Å². The summed E-state index contributed by atoms with van der Waals surface area (Å²) in [5.74, 6) is -0.706. The quantitative estimate of drug-likeness (QED) is 0.480. The lowest BCUT2D eigenvalue weighted by molar-refractivity contribution is -0.122. The Kier molecular flexibility index (Phi) is 5.85. The van der Waals surface area contributed by atoms with Crippen molar-refractivity contribution in [3.63, 3.8) is 0 Å². The van der Waals surface area contributed by atoms with Gasteiger partial charge in [0.1, 0.15) is 17.9 Å². The molecule has 4 amide bonds. The van der Waals surface area contributed by atoms with Crippen molar-refractivity contribution >= 4 is 29.6 Å². The number of anilines is 1. The van der Waals surface area contributed by atoms with E-state index in [1.807, 2.05) is 56.3 Å². The fraction of sp³-hybridized carbons (Fsp3) is 0.115. The van der Waals surface area contributed by atoms with Gasteiger partial charge in [0.25, 0.3) is 11.8 Å². The van der Waals surface area contributed by atoms with Crippen LogP contribution in [0.15, 0.2) is 78.4 Å². The predicted molar refractivity (Wildman–Crippen MR) is 122 cm³/mol. The first-order valence-corrected chi connectivity index (χ1v) is 10.2. The van der Waals surface area contributed by atoms with Gasteiger partial charge in [0.2, 0.25) is 0 Å². The molecule has 0 aliphatic carbocycles. The molecule has 0 bridgehead atoms. The minimum atomic E-state index is -0.756. The van der Waals surface area contributed by atoms with Gasteiger partial charge in [-0.1, -0.05) is 60.2 Å². The van der Waals surface area contributed by atoms with Gasteiger partial charge in [0.05, 0.1) is 5.69 Å². The first kappa shape index (κ1) is 21.1. The minimum Gasteiger partial charge on any atom is -0.489 e. The van der Waals surface area contributed by atoms with Crippen molar-refractivity contribution in [3.05, 3.63) is 101 Å². The number of hydrogen-bond acceptors (Lipinski definition) is 4. The van der Waals surface area contributed by atoms with Gasteiger partial charge in [-0.15, -0.1) is 0 Å². The fourth-order valence-electron chi connectivity index (χ4n) is 3.50. The maximum Gasteiger partial charge on any atom is 0.335 e. The third kappa shape index (κ3) is 4.44. The van der Waals surface area contributed by atoms with Crippen LogP contribution in [-0.4, -0.2) is 17.8 Å². The molecule has 0 saturated carbocycles. The van der Waals surface area contributed by atoms with Crippen LogP contribution in [0, 0.1) is 13.8 Å². The number of rotatable bonds is 5. The molecule has 1 N–H and O–H groups in total. The molecule has 0 atom stereocenters. The SMILES string of the molecule is Cc1ccc(N2C(=O)NC(=O)/C(=C\c3ccc(OCc4ccccc4)cc3)C2=O)c(C)c1. The zero-order chi connectivity index (χ0) is 22.7. The lowest BCUT2D eigenvalue weighted by Gasteiger charge is -2.27. The Labute approximate surface area is 186 Å². The highest BCUT2D eigenvalue weighted by atomic mass is 16.5. The van der Waals surface area contributed by atoms with E-state index in [4.69, 9.17) is 4.74 Å². The number of imide groups is 2. The number of nitrogens with one attached hydrogen (secondary N) is 1. The van der Waals surface area contributed by atoms with E-state index in [-0.39, 0.29) is 5.57 Å². The molecule has 6 nitrogen and oxygen atoms in total. The highest BCUT2D eigenvalue weighted by Crippen LogP contribution is 2.26. The van der Waals surface area contributed by atoms with E-state index < -0.39 is 17.8 Å². The normalized spacial score (nSPS) is 15.1. The Balaban J connectivity index is 1.55. The smallest absolute Gasteiger partial charge is 0.335 e. The highest BCUT2D eigenvalue weighted by Gasteiger charge is 2.37. The number of amides is 4. The molecular formula is C26H22N2O4. The van der Waals surface area contributed by atoms with Crippen molar-refractivity contribution < 1.29 is 19.1 Å². The minimum absolute atomic E-state index is 0.109. The van der Waals surface area contributed by atoms with Gasteiger partial charge in [0, 0.05) is 0 Å². The van der Waals surface area contributed by atoms with E-state index in [1.54, 1.807) is 30.3 Å². The highest BCUT2D eigenvalue weighted by molar-refractivity contribution is 6.39. The van der Waals surface area contributed by atoms with Crippen LogP contribution >= 0.6 is 0 Å². The van der Waals surface area contributed by atoms with Crippen molar-refractivity contribution in [2.75, 3.05) is 4.90 Å². The lowest BCUT2D eigenvalue weighted by atomic mass is 10.0. The van der Waals surface area contributed by atoms with Gasteiger partial charge < -0.3 is 4.74 Å². The second-order valence-corrected chi connectivity index (χ2v) is 7.59. The Morgan fingerprint density at radius 1 is 0.906 bits per heavy atom. The van der Waals surface area contributed by atoms with Crippen LogP contribution in [0.2, 0.25) is 0 Å². The summed E-state index contributed by atoms with van der Waals surface area (Å²) >= 11 is 0. The van der Waals surface area contributed by atoms with Gasteiger partial charge in [0.15, 0.2) is 0 Å². The third-order valence-corrected chi connectivity index (χ3v) is 5.13. The molecule has 6 heteroatoms. The second kappa shape index (κ2) is 8.89. The Morgan fingerprint density at radius 3 is 2.31 bits per heavy atom. The Bertz CT molecular complexity index is 1210. The summed E-state index contributed by atoms with van der Waals surface area (Å²) in [4.78, 5) is 38.9. The first-order valence-electron chi connectivity index (χ1n) is 10.2. The van der Waals surface area contributed by atoms with Gasteiger partial charge in [-0.25, -0.2) is 9.69 Å². The zero-order valence-electron chi connectivity index (χ0n) is 17.8. The summed E-state index contributed by atoms with van der Waals surface area (Å²) < 4.78 is 5.77. The van der Waals surface area contributed by atoms with Gasteiger partial charge in [-0.3, -0.25) is 14.9 Å². The molecule has 1 saturated heterocycles. The monoisotopic (exact) mass is 426 g/mol. The van der Waals surface area contributed by atoms with Crippen LogP contribution in [0.4, 0.5) is 10.5 Å². The number of carbonyl (C=O) groups excluding carboxylic acids is 3. The average Bonchev–Trinajstić information content (AvgIpc) is 2.78. The fourth-order valence-corrected chi connectivity index (χ4v) is 3.50. The summed E-state index contributed by atoms with van der Waals surface area (Å²) in [6, 6.07) is 21.5. The largest absolute Gasteiger partial charge is 0.489 e. The maximum absolute atomic E-state index is 13.1. The predicted octanol–water partition coefficient (Wildman–Crippen LogP) is 4.55. The summed E-state index contributed by atoms with van der Waals surface area (Å²) in [6.45, 7) is 4.18. The number of barbiturate groups is 1. The Morgan fingerprint density at radius 2 is 1.62 bits per heavy atom. The van der Waals surface area contributed by atoms with E-state index in [9.17, 15) is 14.4 Å². The molecule has 1 aliphatic rings. The van der Waals surface area contributed by atoms with Crippen LogP contribution in [0.5, 0.6) is 5.75 Å². The molecule has 32 heavy (non-hydrogen) atoms. The third-order valence-electron chi connectivity index (χ3n) is 5.13. The van der Waals surface area contributed by atoms with Gasteiger partial charge >= 0.3 is 6.03 Å². The summed E-state index contributed by atoms with van der Waals surface area (Å²) in [5, 5.41) is 2.25.